The number of amides is 4. The third-order valence-electron chi connectivity index (χ3n) is 13.4. The highest BCUT2D eigenvalue weighted by atomic mass is 16.7. The van der Waals surface area contributed by atoms with Gasteiger partial charge in [-0.3, -0.25) is 19.8 Å². The Kier molecular flexibility index (Phi) is 13.4. The number of aromatic nitrogens is 4. The molecule has 5 atom stereocenters. The van der Waals surface area contributed by atoms with Crippen molar-refractivity contribution in [2.24, 2.45) is 11.8 Å². The van der Waals surface area contributed by atoms with E-state index in [9.17, 15) is 19.2 Å². The molecule has 0 aliphatic carbocycles. The number of likely N-dealkylation sites (tertiary alicyclic amines) is 2. The molecule has 2 unspecified atom stereocenters. The van der Waals surface area contributed by atoms with Crippen LogP contribution in [-0.2, 0) is 36.9 Å². The van der Waals surface area contributed by atoms with Gasteiger partial charge in [0.1, 0.15) is 23.8 Å². The summed E-state index contributed by atoms with van der Waals surface area (Å²) < 4.78 is 27.4. The van der Waals surface area contributed by atoms with Crippen molar-refractivity contribution in [1.82, 2.24) is 45.3 Å². The summed E-state index contributed by atoms with van der Waals surface area (Å²) in [5.41, 5.74) is 7.43. The summed E-state index contributed by atoms with van der Waals surface area (Å²) in [6, 6.07) is 18.3. The number of hydrogen-bond acceptors (Lipinski definition) is 12. The largest absolute Gasteiger partial charge is 0.454 e. The van der Waals surface area contributed by atoms with Crippen molar-refractivity contribution < 1.29 is 42.9 Å². The van der Waals surface area contributed by atoms with Crippen LogP contribution in [0.3, 0.4) is 0 Å². The predicted octanol–water partition coefficient (Wildman–Crippen LogP) is 6.92. The molecule has 68 heavy (non-hydrogen) atoms. The second-order valence-electron chi connectivity index (χ2n) is 18.5. The van der Waals surface area contributed by atoms with Crippen LogP contribution >= 0.6 is 0 Å². The number of nitrogens with zero attached hydrogens (tertiary/aromatic N) is 5. The molecular formula is C50H59N9O9. The molecule has 18 nitrogen and oxygen atoms in total. The van der Waals surface area contributed by atoms with Gasteiger partial charge in [-0.25, -0.2) is 19.6 Å². The number of aromatic amines is 2. The lowest BCUT2D eigenvalue weighted by Gasteiger charge is -2.30. The van der Waals surface area contributed by atoms with E-state index in [1.165, 1.54) is 7.11 Å². The number of methoxy groups -OCH3 is 2. The van der Waals surface area contributed by atoms with Gasteiger partial charge >= 0.3 is 12.2 Å². The molecule has 4 amide bonds. The Hall–Kier alpha value is -6.92. The smallest absolute Gasteiger partial charge is 0.410 e. The minimum Gasteiger partial charge on any atom is -0.454 e. The number of alkyl carbamates (subject to hydrolysis) is 1. The average Bonchev–Trinajstić information content (AvgIpc) is 4.21. The number of benzene rings is 3. The Morgan fingerprint density at radius 3 is 2.00 bits per heavy atom. The zero-order valence-corrected chi connectivity index (χ0v) is 39.2. The van der Waals surface area contributed by atoms with E-state index in [-0.39, 0.29) is 49.1 Å². The summed E-state index contributed by atoms with van der Waals surface area (Å²) in [4.78, 5) is 75.5. The van der Waals surface area contributed by atoms with E-state index in [4.69, 9.17) is 33.7 Å². The van der Waals surface area contributed by atoms with Crippen LogP contribution in [0.2, 0.25) is 0 Å². The molecule has 0 saturated carbocycles. The first-order valence-electron chi connectivity index (χ1n) is 23.2. The minimum absolute atomic E-state index is 0.0633. The van der Waals surface area contributed by atoms with E-state index in [2.05, 4.69) is 44.9 Å². The van der Waals surface area contributed by atoms with Gasteiger partial charge in [-0.15, -0.1) is 0 Å². The molecule has 358 valence electrons. The van der Waals surface area contributed by atoms with Gasteiger partial charge in [0.15, 0.2) is 11.5 Å². The van der Waals surface area contributed by atoms with E-state index in [0.717, 1.165) is 63.4 Å². The van der Waals surface area contributed by atoms with Crippen LogP contribution < -0.4 is 20.1 Å². The van der Waals surface area contributed by atoms with E-state index < -0.39 is 30.4 Å². The van der Waals surface area contributed by atoms with Gasteiger partial charge in [-0.1, -0.05) is 82.3 Å². The Bertz CT molecular complexity index is 2630. The maximum absolute atomic E-state index is 14.3. The second kappa shape index (κ2) is 19.7. The first-order chi connectivity index (χ1) is 32.9. The molecule has 6 heterocycles. The van der Waals surface area contributed by atoms with Gasteiger partial charge < -0.3 is 48.8 Å². The van der Waals surface area contributed by atoms with Crippen molar-refractivity contribution in [3.05, 3.63) is 95.8 Å². The summed E-state index contributed by atoms with van der Waals surface area (Å²) in [5, 5.41) is 5.93. The van der Waals surface area contributed by atoms with Crippen LogP contribution in [0, 0.1) is 11.8 Å². The summed E-state index contributed by atoms with van der Waals surface area (Å²) >= 11 is 0. The number of carbonyl (C=O) groups is 4. The van der Waals surface area contributed by atoms with Gasteiger partial charge in [0.25, 0.3) is 0 Å². The van der Waals surface area contributed by atoms with E-state index in [0.29, 0.717) is 50.1 Å². The molecule has 4 N–H and O–H groups in total. The number of H-pyrrole nitrogens is 2. The van der Waals surface area contributed by atoms with Crippen molar-refractivity contribution in [3.63, 3.8) is 0 Å². The molecule has 2 fully saturated rings. The van der Waals surface area contributed by atoms with Crippen molar-refractivity contribution in [3.8, 4) is 45.1 Å². The molecule has 3 aromatic carbocycles. The van der Waals surface area contributed by atoms with E-state index in [1.54, 1.807) is 23.1 Å². The highest BCUT2D eigenvalue weighted by Gasteiger charge is 2.44. The van der Waals surface area contributed by atoms with Crippen molar-refractivity contribution in [1.29, 1.82) is 0 Å². The van der Waals surface area contributed by atoms with Gasteiger partial charge in [0.05, 0.1) is 68.8 Å². The van der Waals surface area contributed by atoms with Gasteiger partial charge in [-0.05, 0) is 58.6 Å². The third kappa shape index (κ3) is 9.34. The Balaban J connectivity index is 0.875. The average molecular weight is 930 g/mol. The monoisotopic (exact) mass is 929 g/mol. The SMILES string of the molecule is COCN[C@H](C(=O)N1CCC[C@H]1c1ncc(-c2ccc(-c3ccc(-c4cnc(C5CC(OC(=O)N6Cc7ccc8c(c7C6)OCO8)CN5C(=O)[C@@H](NC(=O)OC)C(C)C)[nH]4)cc3)cc2)[nH]1)C(C)C. The number of hydrogen-bond donors (Lipinski definition) is 4. The second-order valence-corrected chi connectivity index (χ2v) is 18.5. The Labute approximate surface area is 395 Å². The van der Waals surface area contributed by atoms with Crippen molar-refractivity contribution in [2.45, 2.75) is 90.3 Å². The molecule has 18 heteroatoms. The summed E-state index contributed by atoms with van der Waals surface area (Å²) in [6.07, 6.45) is 3.76. The molecule has 4 aliphatic heterocycles. The lowest BCUT2D eigenvalue weighted by atomic mass is 10.0. The van der Waals surface area contributed by atoms with Gasteiger partial charge in [-0.2, -0.15) is 0 Å². The van der Waals surface area contributed by atoms with Crippen LogP contribution in [-0.4, -0.2) is 118 Å². The molecule has 4 aliphatic rings. The first kappa shape index (κ1) is 46.2. The van der Waals surface area contributed by atoms with E-state index in [1.807, 2.05) is 75.2 Å². The maximum atomic E-state index is 14.3. The summed E-state index contributed by atoms with van der Waals surface area (Å²) in [7, 11) is 2.86. The fourth-order valence-electron chi connectivity index (χ4n) is 9.72. The first-order valence-corrected chi connectivity index (χ1v) is 23.2. The molecule has 0 bridgehead atoms. The van der Waals surface area contributed by atoms with Crippen LogP contribution in [0.25, 0.3) is 33.6 Å². The predicted molar refractivity (Wildman–Crippen MR) is 250 cm³/mol. The number of imidazole rings is 2. The topological polar surface area (TPSA) is 206 Å². The molecule has 0 spiro atoms. The fraction of sp³-hybridized carbons (Fsp3) is 0.440. The lowest BCUT2D eigenvalue weighted by Crippen LogP contribution is -2.51. The summed E-state index contributed by atoms with van der Waals surface area (Å²) in [5.74, 6) is 2.19. The number of rotatable bonds is 14. The quantitative estimate of drug-likeness (QED) is 0.0838. The van der Waals surface area contributed by atoms with E-state index >= 15 is 0 Å². The third-order valence-corrected chi connectivity index (χ3v) is 13.4. The van der Waals surface area contributed by atoms with Crippen LogP contribution in [0.5, 0.6) is 11.5 Å². The Morgan fingerprint density at radius 1 is 0.765 bits per heavy atom. The molecule has 5 aromatic rings. The normalized spacial score (nSPS) is 19.4. The molecule has 0 radical (unpaired) electrons. The minimum atomic E-state index is -0.892. The maximum Gasteiger partial charge on any atom is 0.410 e. The highest BCUT2D eigenvalue weighted by Crippen LogP contribution is 2.42. The lowest BCUT2D eigenvalue weighted by molar-refractivity contribution is -0.136. The number of fused-ring (bicyclic) bond motifs is 3. The number of ether oxygens (including phenoxy) is 5. The number of nitrogens with one attached hydrogen (secondary N) is 4. The Morgan fingerprint density at radius 2 is 1.38 bits per heavy atom. The zero-order chi connectivity index (χ0) is 47.6. The van der Waals surface area contributed by atoms with Crippen molar-refractivity contribution >= 4 is 24.0 Å². The number of carbonyl (C=O) groups excluding carboxylic acids is 4. The molecule has 9 rings (SSSR count). The van der Waals surface area contributed by atoms with Gasteiger partial charge in [0.2, 0.25) is 18.6 Å². The zero-order valence-electron chi connectivity index (χ0n) is 39.2. The molecule has 2 aromatic heterocycles. The standard InChI is InChI=1S/C50H59N9O9/c1-28(2)42(53-26-64-5)47(60)58-19-7-8-39(58)45-51-21-37(54-45)32-13-9-30(10-14-32)31-11-15-33(16-12-31)38-22-52-46(55-38)40-20-35(24-59(40)48(61)43(29(3)4)56-49(62)65-6)68-50(63)57-23-34-17-18-41-44(36(34)25-57)67-27-66-41/h9-18,21-22,28-29,35,39-40,42-43,53H,7-8,19-20,23-27H2,1-6H3,(H,51,54)(H,52,55)(H,56,62)/t35?,39-,40?,42-,43-/m0/s1. The van der Waals surface area contributed by atoms with Crippen molar-refractivity contribution in [2.75, 3.05) is 40.8 Å². The summed E-state index contributed by atoms with van der Waals surface area (Å²) in [6.45, 7) is 9.67. The molecule has 2 saturated heterocycles. The van der Waals surface area contributed by atoms with Crippen LogP contribution in [0.1, 0.15) is 81.8 Å². The fourth-order valence-corrected chi connectivity index (χ4v) is 9.72. The van der Waals surface area contributed by atoms with Crippen LogP contribution in [0.15, 0.2) is 73.1 Å². The molecular weight excluding hydrogens is 871 g/mol. The highest BCUT2D eigenvalue weighted by molar-refractivity contribution is 5.87. The van der Waals surface area contributed by atoms with Gasteiger partial charge in [0, 0.05) is 32.2 Å². The van der Waals surface area contributed by atoms with Crippen LogP contribution in [0.4, 0.5) is 9.59 Å².